The zero-order valence-electron chi connectivity index (χ0n) is 20.1. The van der Waals surface area contributed by atoms with Gasteiger partial charge < -0.3 is 29.4 Å². The first-order valence-electron chi connectivity index (χ1n) is 11.9. The summed E-state index contributed by atoms with van der Waals surface area (Å²) < 4.78 is 27.7. The number of rotatable bonds is 16. The first-order valence-corrected chi connectivity index (χ1v) is 11.9. The zero-order chi connectivity index (χ0) is 23.9. The van der Waals surface area contributed by atoms with Gasteiger partial charge in [0, 0.05) is 26.4 Å². The van der Waals surface area contributed by atoms with Crippen LogP contribution in [0.4, 0.5) is 0 Å². The number of unbranched alkanes of at least 4 members (excludes halogenated alkanes) is 4. The Balaban J connectivity index is 2.82. The Kier molecular flexibility index (Phi) is 14.2. The van der Waals surface area contributed by atoms with Gasteiger partial charge in [-0.25, -0.2) is 4.79 Å². The van der Waals surface area contributed by atoms with Crippen molar-refractivity contribution >= 4 is 17.9 Å². The van der Waals surface area contributed by atoms with Crippen LogP contribution in [-0.4, -0.2) is 62.3 Å². The molecule has 1 aliphatic rings. The van der Waals surface area contributed by atoms with E-state index in [2.05, 4.69) is 12.7 Å². The predicted molar refractivity (Wildman–Crippen MR) is 116 cm³/mol. The van der Waals surface area contributed by atoms with Gasteiger partial charge in [0.15, 0.2) is 24.5 Å². The lowest BCUT2D eigenvalue weighted by Gasteiger charge is -2.24. The minimum absolute atomic E-state index is 0.146. The first-order chi connectivity index (χ1) is 15.4. The van der Waals surface area contributed by atoms with Gasteiger partial charge in [-0.1, -0.05) is 46.5 Å². The van der Waals surface area contributed by atoms with Gasteiger partial charge in [0.2, 0.25) is 0 Å². The summed E-state index contributed by atoms with van der Waals surface area (Å²) in [5.41, 5.74) is 3.88. The van der Waals surface area contributed by atoms with E-state index in [9.17, 15) is 14.4 Å². The Hall–Kier alpha value is -1.71. The lowest BCUT2D eigenvalue weighted by molar-refractivity contribution is -0.410. The van der Waals surface area contributed by atoms with E-state index in [1.165, 1.54) is 7.11 Å². The molecule has 1 saturated heterocycles. The molecule has 0 spiro atoms. The van der Waals surface area contributed by atoms with E-state index in [0.717, 1.165) is 32.1 Å². The van der Waals surface area contributed by atoms with Gasteiger partial charge in [0.25, 0.3) is 0 Å². The molecule has 1 heterocycles. The van der Waals surface area contributed by atoms with E-state index >= 15 is 0 Å². The minimum Gasteiger partial charge on any atom is -0.458 e. The second kappa shape index (κ2) is 16.0. The van der Waals surface area contributed by atoms with Crippen LogP contribution in [0.15, 0.2) is 0 Å². The van der Waals surface area contributed by atoms with Crippen LogP contribution in [0, 0.1) is 0 Å². The molecule has 9 nitrogen and oxygen atoms in total. The normalized spacial score (nSPS) is 23.5. The highest BCUT2D eigenvalue weighted by molar-refractivity contribution is 5.74. The Morgan fingerprint density at radius 3 is 1.97 bits per heavy atom. The van der Waals surface area contributed by atoms with E-state index < -0.39 is 48.6 Å². The lowest BCUT2D eigenvalue weighted by atomic mass is 10.1. The van der Waals surface area contributed by atoms with Crippen molar-refractivity contribution in [2.45, 2.75) is 116 Å². The quantitative estimate of drug-likeness (QED) is 0.211. The fourth-order valence-corrected chi connectivity index (χ4v) is 3.39. The topological polar surface area (TPSA) is 125 Å². The van der Waals surface area contributed by atoms with E-state index in [1.54, 1.807) is 0 Å². The van der Waals surface area contributed by atoms with Gasteiger partial charge in [0.05, 0.1) is 0 Å². The number of carbonyl (C=O) groups excluding carboxylic acids is 3. The van der Waals surface area contributed by atoms with Crippen LogP contribution < -0.4 is 5.73 Å². The Labute approximate surface area is 191 Å². The van der Waals surface area contributed by atoms with E-state index in [4.69, 9.17) is 23.7 Å². The highest BCUT2D eigenvalue weighted by Crippen LogP contribution is 2.29. The third-order valence-electron chi connectivity index (χ3n) is 5.38. The van der Waals surface area contributed by atoms with Crippen molar-refractivity contribution in [3.05, 3.63) is 0 Å². The fourth-order valence-electron chi connectivity index (χ4n) is 3.39. The molecule has 0 amide bonds. The molecule has 0 aromatic heterocycles. The highest BCUT2D eigenvalue weighted by Gasteiger charge is 2.50. The molecule has 186 valence electrons. The number of methoxy groups -OCH3 is 1. The van der Waals surface area contributed by atoms with E-state index in [-0.39, 0.29) is 19.4 Å². The van der Waals surface area contributed by atoms with Crippen molar-refractivity contribution in [1.82, 2.24) is 0 Å². The van der Waals surface area contributed by atoms with Crippen molar-refractivity contribution in [2.24, 2.45) is 0 Å². The molecular formula is C23H42NO8+. The smallest absolute Gasteiger partial charge is 0.364 e. The van der Waals surface area contributed by atoms with E-state index in [1.807, 2.05) is 13.8 Å². The molecule has 1 fully saturated rings. The Morgan fingerprint density at radius 1 is 0.875 bits per heavy atom. The molecule has 0 aliphatic carbocycles. The van der Waals surface area contributed by atoms with Gasteiger partial charge >= 0.3 is 17.9 Å². The van der Waals surface area contributed by atoms with Gasteiger partial charge in [0.1, 0.15) is 12.7 Å². The molecule has 3 N–H and O–H groups in total. The van der Waals surface area contributed by atoms with Gasteiger partial charge in [-0.3, -0.25) is 9.59 Å². The second-order valence-electron chi connectivity index (χ2n) is 8.22. The molecule has 0 radical (unpaired) electrons. The minimum atomic E-state index is -0.932. The van der Waals surface area contributed by atoms with Crippen LogP contribution in [0.5, 0.6) is 0 Å². The number of ether oxygens (including phenoxy) is 5. The molecule has 0 bridgehead atoms. The SMILES string of the molecule is CCCCCC([NH3+])C(=O)OCC1OC(OC)C(OC(=O)CCCC)C1OC(=O)CCCC. The Morgan fingerprint density at radius 2 is 1.44 bits per heavy atom. The van der Waals surface area contributed by atoms with Crippen molar-refractivity contribution in [2.75, 3.05) is 13.7 Å². The van der Waals surface area contributed by atoms with Gasteiger partial charge in [-0.15, -0.1) is 0 Å². The maximum atomic E-state index is 12.3. The summed E-state index contributed by atoms with van der Waals surface area (Å²) in [5, 5.41) is 0. The maximum absolute atomic E-state index is 12.3. The third kappa shape index (κ3) is 9.83. The van der Waals surface area contributed by atoms with Crippen molar-refractivity contribution in [3.63, 3.8) is 0 Å². The highest BCUT2D eigenvalue weighted by atomic mass is 16.7. The molecule has 1 aliphatic heterocycles. The maximum Gasteiger partial charge on any atom is 0.364 e. The van der Waals surface area contributed by atoms with Crippen LogP contribution in [0.1, 0.15) is 85.0 Å². The van der Waals surface area contributed by atoms with Gasteiger partial charge in [-0.2, -0.15) is 0 Å². The van der Waals surface area contributed by atoms with Crippen LogP contribution in [0.2, 0.25) is 0 Å². The molecule has 5 unspecified atom stereocenters. The number of carbonyl (C=O) groups is 3. The summed E-state index contributed by atoms with van der Waals surface area (Å²) >= 11 is 0. The number of hydrogen-bond acceptors (Lipinski definition) is 8. The summed E-state index contributed by atoms with van der Waals surface area (Å²) in [6, 6.07) is -0.477. The third-order valence-corrected chi connectivity index (χ3v) is 5.38. The Bertz CT molecular complexity index is 570. The molecule has 9 heteroatoms. The first kappa shape index (κ1) is 28.3. The number of quaternary nitrogens is 1. The second-order valence-corrected chi connectivity index (χ2v) is 8.22. The van der Waals surface area contributed by atoms with Crippen molar-refractivity contribution in [3.8, 4) is 0 Å². The average molecular weight is 461 g/mol. The van der Waals surface area contributed by atoms with Gasteiger partial charge in [-0.05, 0) is 19.3 Å². The average Bonchev–Trinajstić information content (AvgIpc) is 3.10. The number of hydrogen-bond donors (Lipinski definition) is 1. The van der Waals surface area contributed by atoms with Crippen molar-refractivity contribution in [1.29, 1.82) is 0 Å². The summed E-state index contributed by atoms with van der Waals surface area (Å²) in [4.78, 5) is 36.9. The lowest BCUT2D eigenvalue weighted by Crippen LogP contribution is -2.65. The molecule has 5 atom stereocenters. The largest absolute Gasteiger partial charge is 0.458 e. The van der Waals surface area contributed by atoms with Crippen LogP contribution in [0.25, 0.3) is 0 Å². The molecular weight excluding hydrogens is 418 g/mol. The molecule has 0 aromatic rings. The predicted octanol–water partition coefficient (Wildman–Crippen LogP) is 2.30. The van der Waals surface area contributed by atoms with Crippen molar-refractivity contribution < 1.29 is 43.8 Å². The van der Waals surface area contributed by atoms with Crippen LogP contribution in [-0.2, 0) is 38.1 Å². The van der Waals surface area contributed by atoms with Crippen LogP contribution in [0.3, 0.4) is 0 Å². The molecule has 0 saturated carbocycles. The summed E-state index contributed by atoms with van der Waals surface area (Å²) in [6.45, 7) is 5.90. The molecule has 1 rings (SSSR count). The van der Waals surface area contributed by atoms with E-state index in [0.29, 0.717) is 19.3 Å². The molecule has 32 heavy (non-hydrogen) atoms. The summed E-state index contributed by atoms with van der Waals surface area (Å²) in [7, 11) is 1.42. The monoisotopic (exact) mass is 460 g/mol. The molecule has 0 aromatic carbocycles. The summed E-state index contributed by atoms with van der Waals surface area (Å²) in [5.74, 6) is -1.26. The standard InChI is InChI=1S/C23H41NO8/c1-5-8-11-12-16(24)22(27)29-15-17-20(31-18(25)13-9-6-2)21(23(28-4)30-17)32-19(26)14-10-7-3/h16-17,20-21,23H,5-15,24H2,1-4H3/p+1. The number of esters is 3. The van der Waals surface area contributed by atoms with Crippen LogP contribution >= 0.6 is 0 Å². The summed E-state index contributed by atoms with van der Waals surface area (Å²) in [6.07, 6.45) is 3.60. The zero-order valence-corrected chi connectivity index (χ0v) is 20.1. The fraction of sp³-hybridized carbons (Fsp3) is 0.870.